The van der Waals surface area contributed by atoms with Gasteiger partial charge in [0.05, 0.1) is 11.5 Å². The van der Waals surface area contributed by atoms with E-state index < -0.39 is 0 Å². The van der Waals surface area contributed by atoms with Crippen LogP contribution in [0.1, 0.15) is 18.1 Å². The van der Waals surface area contributed by atoms with Gasteiger partial charge in [-0.1, -0.05) is 6.07 Å². The first-order valence-electron chi connectivity index (χ1n) is 4.42. The van der Waals surface area contributed by atoms with Crippen LogP contribution in [0.15, 0.2) is 18.2 Å². The van der Waals surface area contributed by atoms with Gasteiger partial charge in [-0.25, -0.2) is 0 Å². The van der Waals surface area contributed by atoms with Crippen molar-refractivity contribution >= 4 is 5.69 Å². The zero-order chi connectivity index (χ0) is 10.3. The van der Waals surface area contributed by atoms with Crippen LogP contribution in [-0.2, 0) is 10.3 Å². The van der Waals surface area contributed by atoms with Crippen LogP contribution in [0.4, 0.5) is 5.69 Å². The summed E-state index contributed by atoms with van der Waals surface area (Å²) in [7, 11) is 0. The van der Waals surface area contributed by atoms with E-state index in [2.05, 4.69) is 0 Å². The molecule has 0 aliphatic carbocycles. The minimum absolute atomic E-state index is 0.127. The highest BCUT2D eigenvalue weighted by Gasteiger charge is 2.42. The Morgan fingerprint density at radius 2 is 2.21 bits per heavy atom. The first kappa shape index (κ1) is 9.15. The van der Waals surface area contributed by atoms with E-state index >= 15 is 0 Å². The number of nitro groups is 1. The lowest BCUT2D eigenvalue weighted by Crippen LogP contribution is -2.05. The van der Waals surface area contributed by atoms with Gasteiger partial charge in [0, 0.05) is 12.1 Å². The molecule has 1 aromatic carbocycles. The second-order valence-corrected chi connectivity index (χ2v) is 3.78. The van der Waals surface area contributed by atoms with Crippen LogP contribution in [0.2, 0.25) is 0 Å². The Morgan fingerprint density at radius 1 is 1.57 bits per heavy atom. The molecule has 0 spiro atoms. The van der Waals surface area contributed by atoms with Crippen molar-refractivity contribution in [3.63, 3.8) is 0 Å². The zero-order valence-corrected chi connectivity index (χ0v) is 8.11. The summed E-state index contributed by atoms with van der Waals surface area (Å²) >= 11 is 0. The normalized spacial score (nSPS) is 24.7. The Labute approximate surface area is 81.7 Å². The molecule has 14 heavy (non-hydrogen) atoms. The van der Waals surface area contributed by atoms with Crippen molar-refractivity contribution in [2.45, 2.75) is 19.4 Å². The SMILES string of the molecule is Cc1ccc([N+](=O)[O-])cc1C1(C)CO1. The predicted octanol–water partition coefficient (Wildman–Crippen LogP) is 2.15. The molecule has 1 unspecified atom stereocenters. The van der Waals surface area contributed by atoms with Crippen LogP contribution in [0.3, 0.4) is 0 Å². The first-order valence-corrected chi connectivity index (χ1v) is 4.42. The number of aryl methyl sites for hydroxylation is 1. The second-order valence-electron chi connectivity index (χ2n) is 3.78. The van der Waals surface area contributed by atoms with Crippen molar-refractivity contribution in [3.8, 4) is 0 Å². The molecule has 74 valence electrons. The number of non-ortho nitro benzene ring substituents is 1. The summed E-state index contributed by atoms with van der Waals surface area (Å²) < 4.78 is 5.28. The van der Waals surface area contributed by atoms with Gasteiger partial charge < -0.3 is 4.74 Å². The number of nitrogens with zero attached hydrogens (tertiary/aromatic N) is 1. The Balaban J connectivity index is 2.48. The van der Waals surface area contributed by atoms with Crippen molar-refractivity contribution in [2.24, 2.45) is 0 Å². The standard InChI is InChI=1S/C10H11NO3/c1-7-3-4-8(11(12)13)5-9(7)10(2)6-14-10/h3-5H,6H2,1-2H3. The van der Waals surface area contributed by atoms with Crippen LogP contribution in [-0.4, -0.2) is 11.5 Å². The van der Waals surface area contributed by atoms with Crippen molar-refractivity contribution in [3.05, 3.63) is 39.4 Å². The summed E-state index contributed by atoms with van der Waals surface area (Å²) in [5, 5.41) is 10.6. The molecule has 1 atom stereocenters. The number of ether oxygens (including phenoxy) is 1. The van der Waals surface area contributed by atoms with E-state index in [9.17, 15) is 10.1 Å². The van der Waals surface area contributed by atoms with E-state index in [1.54, 1.807) is 12.1 Å². The van der Waals surface area contributed by atoms with E-state index in [1.165, 1.54) is 6.07 Å². The van der Waals surface area contributed by atoms with Crippen LogP contribution in [0.5, 0.6) is 0 Å². The maximum absolute atomic E-state index is 10.6. The quantitative estimate of drug-likeness (QED) is 0.410. The molecular formula is C10H11NO3. The van der Waals surface area contributed by atoms with Crippen molar-refractivity contribution in [1.29, 1.82) is 0 Å². The molecule has 0 N–H and O–H groups in total. The number of hydrogen-bond donors (Lipinski definition) is 0. The smallest absolute Gasteiger partial charge is 0.269 e. The number of nitro benzene ring substituents is 1. The summed E-state index contributed by atoms with van der Waals surface area (Å²) in [6.45, 7) is 4.53. The highest BCUT2D eigenvalue weighted by atomic mass is 16.6. The molecule has 2 rings (SSSR count). The summed E-state index contributed by atoms with van der Waals surface area (Å²) in [4.78, 5) is 10.2. The van der Waals surface area contributed by atoms with Crippen molar-refractivity contribution in [1.82, 2.24) is 0 Å². The molecule has 4 nitrogen and oxygen atoms in total. The van der Waals surface area contributed by atoms with Gasteiger partial charge in [0.1, 0.15) is 5.60 Å². The lowest BCUT2D eigenvalue weighted by molar-refractivity contribution is -0.385. The first-order chi connectivity index (χ1) is 6.53. The third kappa shape index (κ3) is 1.37. The fourth-order valence-electron chi connectivity index (χ4n) is 1.56. The van der Waals surface area contributed by atoms with E-state index in [0.29, 0.717) is 6.61 Å². The lowest BCUT2D eigenvalue weighted by Gasteiger charge is -2.08. The summed E-state index contributed by atoms with van der Waals surface area (Å²) in [5.74, 6) is 0. The maximum Gasteiger partial charge on any atom is 0.269 e. The summed E-state index contributed by atoms with van der Waals surface area (Å²) in [6.07, 6.45) is 0. The van der Waals surface area contributed by atoms with Gasteiger partial charge in [-0.2, -0.15) is 0 Å². The van der Waals surface area contributed by atoms with Gasteiger partial charge in [-0.05, 0) is 25.0 Å². The molecule has 1 heterocycles. The van der Waals surface area contributed by atoms with Gasteiger partial charge >= 0.3 is 0 Å². The molecule has 0 saturated carbocycles. The number of rotatable bonds is 2. The van der Waals surface area contributed by atoms with Gasteiger partial charge in [0.15, 0.2) is 0 Å². The Hall–Kier alpha value is -1.42. The van der Waals surface area contributed by atoms with Crippen LogP contribution in [0.25, 0.3) is 0 Å². The molecule has 1 aliphatic heterocycles. The highest BCUT2D eigenvalue weighted by Crippen LogP contribution is 2.40. The number of epoxide rings is 1. The molecule has 1 saturated heterocycles. The van der Waals surface area contributed by atoms with E-state index in [-0.39, 0.29) is 16.2 Å². The van der Waals surface area contributed by atoms with E-state index in [0.717, 1.165) is 11.1 Å². The molecule has 0 aromatic heterocycles. The van der Waals surface area contributed by atoms with E-state index in [4.69, 9.17) is 4.74 Å². The molecular weight excluding hydrogens is 182 g/mol. The van der Waals surface area contributed by atoms with Gasteiger partial charge in [0.25, 0.3) is 5.69 Å². The van der Waals surface area contributed by atoms with Crippen LogP contribution in [0, 0.1) is 17.0 Å². The molecule has 0 bridgehead atoms. The van der Waals surface area contributed by atoms with Crippen LogP contribution < -0.4 is 0 Å². The average molecular weight is 193 g/mol. The predicted molar refractivity (Wildman–Crippen MR) is 51.1 cm³/mol. The third-order valence-corrected chi connectivity index (χ3v) is 2.58. The van der Waals surface area contributed by atoms with Crippen LogP contribution >= 0.6 is 0 Å². The second kappa shape index (κ2) is 2.78. The molecule has 0 radical (unpaired) electrons. The Kier molecular flexibility index (Phi) is 1.82. The zero-order valence-electron chi connectivity index (χ0n) is 8.11. The van der Waals surface area contributed by atoms with Gasteiger partial charge in [-0.3, -0.25) is 10.1 Å². The van der Waals surface area contributed by atoms with Crippen molar-refractivity contribution in [2.75, 3.05) is 6.61 Å². The fraction of sp³-hybridized carbons (Fsp3) is 0.400. The van der Waals surface area contributed by atoms with E-state index in [1.807, 2.05) is 13.8 Å². The fourth-order valence-corrected chi connectivity index (χ4v) is 1.56. The molecule has 1 aromatic rings. The largest absolute Gasteiger partial charge is 0.365 e. The number of benzene rings is 1. The molecule has 1 fully saturated rings. The minimum Gasteiger partial charge on any atom is -0.365 e. The molecule has 0 amide bonds. The monoisotopic (exact) mass is 193 g/mol. The minimum atomic E-state index is -0.380. The van der Waals surface area contributed by atoms with Gasteiger partial charge in [0.2, 0.25) is 0 Å². The third-order valence-electron chi connectivity index (χ3n) is 2.58. The number of hydrogen-bond acceptors (Lipinski definition) is 3. The van der Waals surface area contributed by atoms with Crippen molar-refractivity contribution < 1.29 is 9.66 Å². The Bertz CT molecular complexity index is 396. The summed E-state index contributed by atoms with van der Waals surface area (Å²) in [5.41, 5.74) is 1.79. The lowest BCUT2D eigenvalue weighted by atomic mass is 9.96. The maximum atomic E-state index is 10.6. The average Bonchev–Trinajstić information content (AvgIpc) is 2.85. The topological polar surface area (TPSA) is 55.7 Å². The van der Waals surface area contributed by atoms with Gasteiger partial charge in [-0.15, -0.1) is 0 Å². The highest BCUT2D eigenvalue weighted by molar-refractivity contribution is 5.43. The molecule has 1 aliphatic rings. The Morgan fingerprint density at radius 3 is 2.71 bits per heavy atom. The summed E-state index contributed by atoms with van der Waals surface area (Å²) in [6, 6.07) is 4.88. The molecule has 4 heteroatoms.